The summed E-state index contributed by atoms with van der Waals surface area (Å²) in [6.07, 6.45) is 0. The highest BCUT2D eigenvalue weighted by molar-refractivity contribution is 6.06. The number of aromatic carboxylic acids is 1. The molecule has 1 heterocycles. The minimum absolute atomic E-state index is 0.0135. The molecule has 0 saturated carbocycles. The smallest absolute Gasteiger partial charge is 0.337 e. The first-order valence-electron chi connectivity index (χ1n) is 7.61. The number of rotatable bonds is 4. The van der Waals surface area contributed by atoms with E-state index in [-0.39, 0.29) is 30.3 Å². The fourth-order valence-corrected chi connectivity index (χ4v) is 2.60. The number of carboxylic acids is 1. The molecule has 0 aromatic heterocycles. The zero-order chi connectivity index (χ0) is 18.0. The van der Waals surface area contributed by atoms with Crippen molar-refractivity contribution in [2.24, 2.45) is 0 Å². The van der Waals surface area contributed by atoms with E-state index < -0.39 is 11.9 Å². The van der Waals surface area contributed by atoms with Crippen molar-refractivity contribution in [1.29, 1.82) is 0 Å². The van der Waals surface area contributed by atoms with Crippen LogP contribution in [0.1, 0.15) is 15.9 Å². The Morgan fingerprint density at radius 2 is 2.00 bits per heavy atom. The molecule has 0 spiro atoms. The molecular formula is C18H16N2O5. The van der Waals surface area contributed by atoms with Crippen molar-refractivity contribution >= 4 is 29.2 Å². The number of carbonyl (C=O) groups is 3. The van der Waals surface area contributed by atoms with Gasteiger partial charge in [-0.15, -0.1) is 0 Å². The number of hydrogen-bond acceptors (Lipinski definition) is 4. The molecule has 2 aromatic carbocycles. The van der Waals surface area contributed by atoms with E-state index in [1.165, 1.54) is 17.0 Å². The molecule has 0 unspecified atom stereocenters. The zero-order valence-corrected chi connectivity index (χ0v) is 13.5. The van der Waals surface area contributed by atoms with Crippen molar-refractivity contribution in [3.63, 3.8) is 0 Å². The van der Waals surface area contributed by atoms with Crippen LogP contribution >= 0.6 is 0 Å². The molecule has 2 aromatic rings. The van der Waals surface area contributed by atoms with Crippen LogP contribution in [0.4, 0.5) is 11.4 Å². The van der Waals surface area contributed by atoms with Crippen LogP contribution in [0.2, 0.25) is 0 Å². The summed E-state index contributed by atoms with van der Waals surface area (Å²) in [6.45, 7) is 1.50. The van der Waals surface area contributed by atoms with Gasteiger partial charge in [-0.25, -0.2) is 4.79 Å². The maximum absolute atomic E-state index is 12.4. The number of aryl methyl sites for hydroxylation is 1. The molecule has 0 bridgehead atoms. The Balaban J connectivity index is 1.81. The van der Waals surface area contributed by atoms with E-state index in [0.29, 0.717) is 11.4 Å². The first kappa shape index (κ1) is 16.5. The fourth-order valence-electron chi connectivity index (χ4n) is 2.60. The normalized spacial score (nSPS) is 13.0. The molecule has 0 aliphatic carbocycles. The summed E-state index contributed by atoms with van der Waals surface area (Å²) >= 11 is 0. The van der Waals surface area contributed by atoms with Crippen LogP contribution in [-0.2, 0) is 9.59 Å². The van der Waals surface area contributed by atoms with Gasteiger partial charge in [-0.05, 0) is 36.8 Å². The van der Waals surface area contributed by atoms with Gasteiger partial charge in [-0.1, -0.05) is 18.2 Å². The molecule has 25 heavy (non-hydrogen) atoms. The summed E-state index contributed by atoms with van der Waals surface area (Å²) in [4.78, 5) is 37.1. The maximum Gasteiger partial charge on any atom is 0.337 e. The summed E-state index contributed by atoms with van der Waals surface area (Å²) in [5.74, 6) is -1.43. The van der Waals surface area contributed by atoms with Gasteiger partial charge < -0.3 is 15.2 Å². The second-order valence-electron chi connectivity index (χ2n) is 5.64. The van der Waals surface area contributed by atoms with Gasteiger partial charge in [0.15, 0.2) is 6.61 Å². The highest BCUT2D eigenvalue weighted by Crippen LogP contribution is 2.32. The molecule has 1 aliphatic heterocycles. The lowest BCUT2D eigenvalue weighted by molar-refractivity contribution is -0.123. The van der Waals surface area contributed by atoms with Crippen LogP contribution in [0.25, 0.3) is 0 Å². The number of amides is 2. The largest absolute Gasteiger partial charge is 0.482 e. The van der Waals surface area contributed by atoms with E-state index in [4.69, 9.17) is 4.74 Å². The van der Waals surface area contributed by atoms with E-state index >= 15 is 0 Å². The number of para-hydroxylation sites is 1. The third-order valence-corrected chi connectivity index (χ3v) is 3.79. The Morgan fingerprint density at radius 1 is 1.24 bits per heavy atom. The molecule has 0 saturated heterocycles. The van der Waals surface area contributed by atoms with E-state index in [2.05, 4.69) is 5.32 Å². The van der Waals surface area contributed by atoms with Gasteiger partial charge in [0.1, 0.15) is 12.3 Å². The van der Waals surface area contributed by atoms with Crippen LogP contribution in [0.15, 0.2) is 42.5 Å². The Kier molecular flexibility index (Phi) is 4.38. The second-order valence-corrected chi connectivity index (χ2v) is 5.64. The summed E-state index contributed by atoms with van der Waals surface area (Å²) in [7, 11) is 0. The topological polar surface area (TPSA) is 95.9 Å². The Hall–Kier alpha value is -3.35. The number of nitrogens with zero attached hydrogens (tertiary/aromatic N) is 1. The molecular weight excluding hydrogens is 324 g/mol. The SMILES string of the molecule is Cc1ccc2c(c1)N(CC(=O)Nc1ccccc1C(=O)O)C(=O)CO2. The third kappa shape index (κ3) is 3.45. The lowest BCUT2D eigenvalue weighted by Crippen LogP contribution is -2.43. The highest BCUT2D eigenvalue weighted by atomic mass is 16.5. The quantitative estimate of drug-likeness (QED) is 0.888. The van der Waals surface area contributed by atoms with Crippen molar-refractivity contribution in [1.82, 2.24) is 0 Å². The van der Waals surface area contributed by atoms with Crippen LogP contribution in [0.3, 0.4) is 0 Å². The molecule has 0 fully saturated rings. The number of nitrogens with one attached hydrogen (secondary N) is 1. The predicted octanol–water partition coefficient (Wildman–Crippen LogP) is 2.06. The van der Waals surface area contributed by atoms with E-state index in [1.807, 2.05) is 13.0 Å². The molecule has 3 rings (SSSR count). The first-order chi connectivity index (χ1) is 12.0. The van der Waals surface area contributed by atoms with Crippen LogP contribution in [0.5, 0.6) is 5.75 Å². The van der Waals surface area contributed by atoms with Gasteiger partial charge in [-0.3, -0.25) is 14.5 Å². The molecule has 7 nitrogen and oxygen atoms in total. The average Bonchev–Trinajstić information content (AvgIpc) is 2.58. The lowest BCUT2D eigenvalue weighted by Gasteiger charge is -2.29. The number of carbonyl (C=O) groups excluding carboxylic acids is 2. The van der Waals surface area contributed by atoms with Crippen molar-refractivity contribution in [3.05, 3.63) is 53.6 Å². The van der Waals surface area contributed by atoms with E-state index in [9.17, 15) is 19.5 Å². The van der Waals surface area contributed by atoms with Gasteiger partial charge in [0.25, 0.3) is 5.91 Å². The highest BCUT2D eigenvalue weighted by Gasteiger charge is 2.27. The van der Waals surface area contributed by atoms with Crippen molar-refractivity contribution in [3.8, 4) is 5.75 Å². The minimum atomic E-state index is -1.14. The molecule has 2 amide bonds. The standard InChI is InChI=1S/C18H16N2O5/c1-11-6-7-15-14(8-11)20(17(22)10-25-15)9-16(21)19-13-5-3-2-4-12(13)18(23)24/h2-8H,9-10H2,1H3,(H,19,21)(H,23,24). The Labute approximate surface area is 143 Å². The first-order valence-corrected chi connectivity index (χ1v) is 7.61. The van der Waals surface area contributed by atoms with Crippen LogP contribution < -0.4 is 15.0 Å². The van der Waals surface area contributed by atoms with E-state index in [1.54, 1.807) is 24.3 Å². The molecule has 7 heteroatoms. The lowest BCUT2D eigenvalue weighted by atomic mass is 10.1. The monoisotopic (exact) mass is 340 g/mol. The summed E-state index contributed by atoms with van der Waals surface area (Å²) < 4.78 is 5.37. The predicted molar refractivity (Wildman–Crippen MR) is 91.1 cm³/mol. The molecule has 128 valence electrons. The third-order valence-electron chi connectivity index (χ3n) is 3.79. The molecule has 1 aliphatic rings. The number of hydrogen-bond donors (Lipinski definition) is 2. The number of anilines is 2. The number of benzene rings is 2. The number of fused-ring (bicyclic) bond motifs is 1. The van der Waals surface area contributed by atoms with E-state index in [0.717, 1.165) is 5.56 Å². The van der Waals surface area contributed by atoms with Gasteiger partial charge in [0.05, 0.1) is 16.9 Å². The van der Waals surface area contributed by atoms with Gasteiger partial charge in [0.2, 0.25) is 5.91 Å². The number of ether oxygens (including phenoxy) is 1. The second kappa shape index (κ2) is 6.64. The van der Waals surface area contributed by atoms with Crippen molar-refractivity contribution in [2.45, 2.75) is 6.92 Å². The van der Waals surface area contributed by atoms with Gasteiger partial charge in [0, 0.05) is 0 Å². The maximum atomic E-state index is 12.4. The Bertz CT molecular complexity index is 862. The average molecular weight is 340 g/mol. The van der Waals surface area contributed by atoms with Crippen LogP contribution in [0, 0.1) is 6.92 Å². The zero-order valence-electron chi connectivity index (χ0n) is 13.5. The number of carboxylic acid groups (broad SMARTS) is 1. The minimum Gasteiger partial charge on any atom is -0.482 e. The van der Waals surface area contributed by atoms with Gasteiger partial charge in [-0.2, -0.15) is 0 Å². The molecule has 0 atom stereocenters. The van der Waals surface area contributed by atoms with Crippen molar-refractivity contribution < 1.29 is 24.2 Å². The summed E-state index contributed by atoms with van der Waals surface area (Å²) in [5, 5.41) is 11.7. The van der Waals surface area contributed by atoms with Crippen molar-refractivity contribution in [2.75, 3.05) is 23.4 Å². The molecule has 2 N–H and O–H groups in total. The van der Waals surface area contributed by atoms with Gasteiger partial charge >= 0.3 is 5.97 Å². The fraction of sp³-hybridized carbons (Fsp3) is 0.167. The molecule has 0 radical (unpaired) electrons. The Morgan fingerprint density at radius 3 is 2.76 bits per heavy atom. The summed E-state index contributed by atoms with van der Waals surface area (Å²) in [6, 6.07) is 11.5. The summed E-state index contributed by atoms with van der Waals surface area (Å²) in [5.41, 5.74) is 1.63. The van der Waals surface area contributed by atoms with Crippen LogP contribution in [-0.4, -0.2) is 36.0 Å².